The van der Waals surface area contributed by atoms with Crippen LogP contribution in [0.2, 0.25) is 0 Å². The van der Waals surface area contributed by atoms with Gasteiger partial charge < -0.3 is 9.84 Å². The monoisotopic (exact) mass is 439 g/mol. The molecule has 0 saturated heterocycles. The molecule has 5 aromatic rings. The summed E-state index contributed by atoms with van der Waals surface area (Å²) in [5, 5.41) is 11.7. The van der Waals surface area contributed by atoms with Crippen LogP contribution in [0.3, 0.4) is 0 Å². The maximum Gasteiger partial charge on any atom is 0.258 e. The van der Waals surface area contributed by atoms with Crippen molar-refractivity contribution in [1.29, 1.82) is 0 Å². The number of aryl methyl sites for hydroxylation is 2. The average Bonchev–Trinajstić information content (AvgIpc) is 3.40. The summed E-state index contributed by atoms with van der Waals surface area (Å²) in [7, 11) is 1.89. The first kappa shape index (κ1) is 20.5. The molecule has 0 aliphatic heterocycles. The van der Waals surface area contributed by atoms with Gasteiger partial charge in [0, 0.05) is 37.6 Å². The van der Waals surface area contributed by atoms with Crippen molar-refractivity contribution in [2.24, 2.45) is 7.05 Å². The number of nitrogens with one attached hydrogen (secondary N) is 1. The molecule has 0 bridgehead atoms. The number of amides is 1. The van der Waals surface area contributed by atoms with Gasteiger partial charge in [-0.3, -0.25) is 9.48 Å². The second-order valence-corrected chi connectivity index (χ2v) is 7.85. The highest BCUT2D eigenvalue weighted by Crippen LogP contribution is 2.21. The van der Waals surface area contributed by atoms with Crippen molar-refractivity contribution in [3.8, 4) is 11.1 Å². The van der Waals surface area contributed by atoms with Crippen molar-refractivity contribution in [3.63, 3.8) is 0 Å². The zero-order chi connectivity index (χ0) is 22.8. The second-order valence-electron chi connectivity index (χ2n) is 7.85. The number of hydrogen-bond acceptors (Lipinski definition) is 7. The molecule has 164 valence electrons. The lowest BCUT2D eigenvalue weighted by molar-refractivity contribution is -0.115. The molecule has 0 fully saturated rings. The molecule has 4 aromatic heterocycles. The van der Waals surface area contributed by atoms with Gasteiger partial charge in [-0.25, -0.2) is 15.0 Å². The summed E-state index contributed by atoms with van der Waals surface area (Å²) in [6.07, 6.45) is 9.86. The minimum Gasteiger partial charge on any atom is -0.336 e. The molecule has 0 radical (unpaired) electrons. The fraction of sp³-hybridized carbons (Fsp3) is 0.167. The first-order valence-corrected chi connectivity index (χ1v) is 10.4. The number of fused-ring (bicyclic) bond motifs is 1. The van der Waals surface area contributed by atoms with Gasteiger partial charge in [-0.15, -0.1) is 0 Å². The summed E-state index contributed by atoms with van der Waals surface area (Å²) in [5.74, 6) is 0.621. The lowest BCUT2D eigenvalue weighted by Gasteiger charge is -2.07. The van der Waals surface area contributed by atoms with Crippen LogP contribution in [0.4, 0.5) is 5.69 Å². The van der Waals surface area contributed by atoms with E-state index in [2.05, 4.69) is 30.5 Å². The summed E-state index contributed by atoms with van der Waals surface area (Å²) in [6.45, 7) is 1.83. The Morgan fingerprint density at radius 2 is 1.79 bits per heavy atom. The highest BCUT2D eigenvalue weighted by Gasteiger charge is 2.10. The van der Waals surface area contributed by atoms with Crippen LogP contribution >= 0.6 is 0 Å². The zero-order valence-corrected chi connectivity index (χ0v) is 18.2. The van der Waals surface area contributed by atoms with Gasteiger partial charge in [-0.1, -0.05) is 29.4 Å². The predicted molar refractivity (Wildman–Crippen MR) is 122 cm³/mol. The molecular formula is C24H21N7O2. The van der Waals surface area contributed by atoms with E-state index in [1.165, 1.54) is 0 Å². The first-order chi connectivity index (χ1) is 16.0. The van der Waals surface area contributed by atoms with E-state index in [1.807, 2.05) is 69.1 Å². The molecule has 9 heteroatoms. The van der Waals surface area contributed by atoms with Gasteiger partial charge in [-0.2, -0.15) is 5.10 Å². The molecule has 0 aliphatic rings. The van der Waals surface area contributed by atoms with Gasteiger partial charge in [0.25, 0.3) is 5.71 Å². The Morgan fingerprint density at radius 1 is 1.00 bits per heavy atom. The number of nitrogens with zero attached hydrogens (tertiary/aromatic N) is 6. The molecule has 0 unspecified atom stereocenters. The summed E-state index contributed by atoms with van der Waals surface area (Å²) in [4.78, 5) is 25.6. The van der Waals surface area contributed by atoms with E-state index >= 15 is 0 Å². The normalized spacial score (nSPS) is 11.1. The molecular weight excluding hydrogens is 418 g/mol. The van der Waals surface area contributed by atoms with Gasteiger partial charge in [0.05, 0.1) is 35.6 Å². The smallest absolute Gasteiger partial charge is 0.258 e. The van der Waals surface area contributed by atoms with E-state index in [4.69, 9.17) is 4.52 Å². The van der Waals surface area contributed by atoms with Crippen LogP contribution in [-0.4, -0.2) is 35.8 Å². The second kappa shape index (κ2) is 8.62. The number of anilines is 1. The number of rotatable bonds is 6. The fourth-order valence-corrected chi connectivity index (χ4v) is 3.56. The molecule has 4 heterocycles. The molecule has 33 heavy (non-hydrogen) atoms. The molecule has 9 nitrogen and oxygen atoms in total. The molecule has 5 rings (SSSR count). The molecule has 1 N–H and O–H groups in total. The number of hydrogen-bond donors (Lipinski definition) is 1. The molecule has 0 aliphatic carbocycles. The van der Waals surface area contributed by atoms with Crippen LogP contribution < -0.4 is 5.32 Å². The fourth-order valence-electron chi connectivity index (χ4n) is 3.56. The largest absolute Gasteiger partial charge is 0.336 e. The predicted octanol–water partition coefficient (Wildman–Crippen LogP) is 3.49. The minimum absolute atomic E-state index is 0.124. The third kappa shape index (κ3) is 4.62. The van der Waals surface area contributed by atoms with E-state index in [-0.39, 0.29) is 12.3 Å². The molecule has 1 amide bonds. The van der Waals surface area contributed by atoms with Crippen molar-refractivity contribution >= 4 is 22.7 Å². The Kier molecular flexibility index (Phi) is 5.35. The Hall–Kier alpha value is -4.40. The van der Waals surface area contributed by atoms with E-state index in [1.54, 1.807) is 10.9 Å². The van der Waals surface area contributed by atoms with Crippen LogP contribution in [0.25, 0.3) is 22.2 Å². The number of carbonyl (C=O) groups is 1. The van der Waals surface area contributed by atoms with Gasteiger partial charge in [-0.05, 0) is 29.7 Å². The van der Waals surface area contributed by atoms with Crippen LogP contribution in [0.5, 0.6) is 0 Å². The Labute approximate surface area is 189 Å². The van der Waals surface area contributed by atoms with Crippen LogP contribution in [0.15, 0.2) is 65.8 Å². The van der Waals surface area contributed by atoms with Crippen molar-refractivity contribution in [1.82, 2.24) is 29.9 Å². The van der Waals surface area contributed by atoms with E-state index in [0.29, 0.717) is 17.8 Å². The standard InChI is InChI=1S/C24H21N7O2/c1-15-21-9-20(13-27-24(21)33-30-15)29-23(32)8-16-3-5-18(6-4-16)19-11-25-22(26-12-19)7-17-10-28-31(2)14-17/h3-6,9-14H,7-8H2,1-2H3,(H,29,32). The van der Waals surface area contributed by atoms with E-state index < -0.39 is 0 Å². The van der Waals surface area contributed by atoms with E-state index in [0.717, 1.165) is 39.2 Å². The maximum absolute atomic E-state index is 12.5. The topological polar surface area (TPSA) is 112 Å². The number of benzene rings is 1. The summed E-state index contributed by atoms with van der Waals surface area (Å²) in [5.41, 5.74) is 5.68. The minimum atomic E-state index is -0.124. The summed E-state index contributed by atoms with van der Waals surface area (Å²) >= 11 is 0. The maximum atomic E-state index is 12.5. The molecule has 0 spiro atoms. The Balaban J connectivity index is 1.21. The van der Waals surface area contributed by atoms with Crippen molar-refractivity contribution in [2.45, 2.75) is 19.8 Å². The van der Waals surface area contributed by atoms with Crippen molar-refractivity contribution in [3.05, 3.63) is 84.0 Å². The molecule has 1 aromatic carbocycles. The number of aromatic nitrogens is 6. The van der Waals surface area contributed by atoms with Crippen LogP contribution in [0, 0.1) is 6.92 Å². The van der Waals surface area contributed by atoms with Crippen molar-refractivity contribution < 1.29 is 9.32 Å². The van der Waals surface area contributed by atoms with Crippen LogP contribution in [0.1, 0.15) is 22.6 Å². The third-order valence-electron chi connectivity index (χ3n) is 5.27. The van der Waals surface area contributed by atoms with Crippen molar-refractivity contribution in [2.75, 3.05) is 5.32 Å². The Bertz CT molecular complexity index is 1420. The van der Waals surface area contributed by atoms with Gasteiger partial charge in [0.1, 0.15) is 5.82 Å². The van der Waals surface area contributed by atoms with Gasteiger partial charge in [0.2, 0.25) is 5.91 Å². The van der Waals surface area contributed by atoms with Crippen LogP contribution in [-0.2, 0) is 24.7 Å². The molecule has 0 atom stereocenters. The SMILES string of the molecule is Cc1noc2ncc(NC(=O)Cc3ccc(-c4cnc(Cc5cnn(C)c5)nc4)cc3)cc12. The zero-order valence-electron chi connectivity index (χ0n) is 18.2. The van der Waals surface area contributed by atoms with Gasteiger partial charge in [0.15, 0.2) is 0 Å². The first-order valence-electron chi connectivity index (χ1n) is 10.4. The number of carbonyl (C=O) groups excluding carboxylic acids is 1. The summed E-state index contributed by atoms with van der Waals surface area (Å²) in [6, 6.07) is 9.62. The quantitative estimate of drug-likeness (QED) is 0.431. The molecule has 0 saturated carbocycles. The number of pyridine rings is 1. The highest BCUT2D eigenvalue weighted by molar-refractivity contribution is 5.94. The van der Waals surface area contributed by atoms with E-state index in [9.17, 15) is 4.79 Å². The third-order valence-corrected chi connectivity index (χ3v) is 5.27. The lowest BCUT2D eigenvalue weighted by atomic mass is 10.0. The Morgan fingerprint density at radius 3 is 2.52 bits per heavy atom. The van der Waals surface area contributed by atoms with Gasteiger partial charge >= 0.3 is 0 Å². The summed E-state index contributed by atoms with van der Waals surface area (Å²) < 4.78 is 6.86. The average molecular weight is 439 g/mol. The lowest BCUT2D eigenvalue weighted by Crippen LogP contribution is -2.14. The highest BCUT2D eigenvalue weighted by atomic mass is 16.5.